The highest BCUT2D eigenvalue weighted by Gasteiger charge is 2.32. The van der Waals surface area contributed by atoms with E-state index in [-0.39, 0.29) is 12.0 Å². The third kappa shape index (κ3) is 4.62. The fourth-order valence-corrected chi connectivity index (χ4v) is 0.927. The Kier molecular flexibility index (Phi) is 5.24. The van der Waals surface area contributed by atoms with Crippen molar-refractivity contribution < 1.29 is 14.6 Å². The number of carboxylic acids is 1. The summed E-state index contributed by atoms with van der Waals surface area (Å²) in [6, 6.07) is 0. The fourth-order valence-electron chi connectivity index (χ4n) is 0.927. The zero-order chi connectivity index (χ0) is 12.1. The summed E-state index contributed by atoms with van der Waals surface area (Å²) in [7, 11) is 0. The predicted molar refractivity (Wildman–Crippen MR) is 59.7 cm³/mol. The molecule has 0 fully saturated rings. The quantitative estimate of drug-likeness (QED) is 0.677. The van der Waals surface area contributed by atoms with Crippen LogP contribution in [0.15, 0.2) is 0 Å². The molecule has 0 saturated carbocycles. The second-order valence-electron chi connectivity index (χ2n) is 5.08. The van der Waals surface area contributed by atoms with Gasteiger partial charge in [-0.15, -0.1) is 0 Å². The van der Waals surface area contributed by atoms with Crippen molar-refractivity contribution in [1.82, 2.24) is 0 Å². The minimum atomic E-state index is -0.810. The van der Waals surface area contributed by atoms with Gasteiger partial charge in [0.25, 0.3) is 0 Å². The third-order valence-corrected chi connectivity index (χ3v) is 2.76. The van der Waals surface area contributed by atoms with Crippen molar-refractivity contribution in [1.29, 1.82) is 0 Å². The molecule has 1 unspecified atom stereocenters. The minimum absolute atomic E-state index is 0.0901. The van der Waals surface area contributed by atoms with Crippen LogP contribution in [0.2, 0.25) is 0 Å². The molecule has 0 rings (SSSR count). The molecule has 1 atom stereocenters. The van der Waals surface area contributed by atoms with Gasteiger partial charge in [0, 0.05) is 5.41 Å². The molecule has 0 aromatic carbocycles. The summed E-state index contributed by atoms with van der Waals surface area (Å²) in [4.78, 5) is 11.0. The maximum atomic E-state index is 11.0. The monoisotopic (exact) mass is 217 g/mol. The van der Waals surface area contributed by atoms with Gasteiger partial charge in [-0.3, -0.25) is 4.79 Å². The van der Waals surface area contributed by atoms with E-state index in [0.717, 1.165) is 0 Å². The second-order valence-corrected chi connectivity index (χ2v) is 5.08. The van der Waals surface area contributed by atoms with Gasteiger partial charge in [0.05, 0.1) is 18.6 Å². The highest BCUT2D eigenvalue weighted by Crippen LogP contribution is 2.23. The Morgan fingerprint density at radius 3 is 2.20 bits per heavy atom. The normalized spacial score (nSPS) is 16.1. The summed E-state index contributed by atoms with van der Waals surface area (Å²) in [5.74, 6) is -0.810. The molecule has 0 spiro atoms. The van der Waals surface area contributed by atoms with Crippen LogP contribution in [-0.4, -0.2) is 30.8 Å². The number of ether oxygens (including phenoxy) is 1. The molecular formula is C11H23NO3. The summed E-state index contributed by atoms with van der Waals surface area (Å²) in [5, 5.41) is 9.01. The van der Waals surface area contributed by atoms with E-state index in [4.69, 9.17) is 15.6 Å². The first-order valence-electron chi connectivity index (χ1n) is 5.28. The molecule has 0 amide bonds. The van der Waals surface area contributed by atoms with Gasteiger partial charge < -0.3 is 15.6 Å². The summed E-state index contributed by atoms with van der Waals surface area (Å²) in [6.07, 6.45) is 0.561. The number of hydrogen-bond donors (Lipinski definition) is 2. The van der Waals surface area contributed by atoms with E-state index < -0.39 is 11.4 Å². The first-order chi connectivity index (χ1) is 6.77. The molecule has 3 N–H and O–H groups in total. The molecule has 0 aliphatic rings. The van der Waals surface area contributed by atoms with Crippen LogP contribution in [0.25, 0.3) is 0 Å². The Hall–Kier alpha value is -0.610. The maximum Gasteiger partial charge on any atom is 0.311 e. The van der Waals surface area contributed by atoms with Crippen LogP contribution >= 0.6 is 0 Å². The Morgan fingerprint density at radius 1 is 1.33 bits per heavy atom. The Balaban J connectivity index is 4.09. The average Bonchev–Trinajstić information content (AvgIpc) is 2.17. The molecule has 0 aromatic heterocycles. The minimum Gasteiger partial charge on any atom is -0.481 e. The Bertz CT molecular complexity index is 216. The van der Waals surface area contributed by atoms with Crippen LogP contribution in [-0.2, 0) is 9.53 Å². The predicted octanol–water partition coefficient (Wildman–Crippen LogP) is 1.49. The second kappa shape index (κ2) is 5.47. The van der Waals surface area contributed by atoms with Gasteiger partial charge in [-0.05, 0) is 19.9 Å². The standard InChI is InChI=1S/C11H23NO3/c1-5-11(4,9(13)14)8-15-7-10(2,3)6-12/h5-8,12H2,1-4H3,(H,13,14). The molecule has 0 bridgehead atoms. The number of carbonyl (C=O) groups is 1. The third-order valence-electron chi connectivity index (χ3n) is 2.76. The highest BCUT2D eigenvalue weighted by molar-refractivity contribution is 5.74. The van der Waals surface area contributed by atoms with E-state index in [0.29, 0.717) is 19.6 Å². The van der Waals surface area contributed by atoms with Crippen LogP contribution < -0.4 is 5.73 Å². The average molecular weight is 217 g/mol. The first-order valence-corrected chi connectivity index (χ1v) is 5.28. The van der Waals surface area contributed by atoms with Gasteiger partial charge >= 0.3 is 5.97 Å². The fraction of sp³-hybridized carbons (Fsp3) is 0.909. The van der Waals surface area contributed by atoms with Gasteiger partial charge in [-0.2, -0.15) is 0 Å². The van der Waals surface area contributed by atoms with Crippen molar-refractivity contribution in [2.45, 2.75) is 34.1 Å². The lowest BCUT2D eigenvalue weighted by atomic mass is 9.88. The van der Waals surface area contributed by atoms with Gasteiger partial charge in [0.2, 0.25) is 0 Å². The Labute approximate surface area is 91.8 Å². The van der Waals surface area contributed by atoms with Gasteiger partial charge in [0.1, 0.15) is 0 Å². The zero-order valence-electron chi connectivity index (χ0n) is 10.2. The molecule has 0 radical (unpaired) electrons. The van der Waals surface area contributed by atoms with Gasteiger partial charge in [0.15, 0.2) is 0 Å². The number of aliphatic carboxylic acids is 1. The number of hydrogen-bond acceptors (Lipinski definition) is 3. The maximum absolute atomic E-state index is 11.0. The van der Waals surface area contributed by atoms with Crippen molar-refractivity contribution in [3.05, 3.63) is 0 Å². The molecule has 4 heteroatoms. The van der Waals surface area contributed by atoms with Gasteiger partial charge in [-0.1, -0.05) is 20.8 Å². The molecule has 0 heterocycles. The number of rotatable bonds is 7. The molecular weight excluding hydrogens is 194 g/mol. The van der Waals surface area contributed by atoms with Crippen molar-refractivity contribution >= 4 is 5.97 Å². The van der Waals surface area contributed by atoms with E-state index >= 15 is 0 Å². The molecule has 15 heavy (non-hydrogen) atoms. The summed E-state index contributed by atoms with van der Waals surface area (Å²) < 4.78 is 5.45. The van der Waals surface area contributed by atoms with E-state index in [1.807, 2.05) is 20.8 Å². The van der Waals surface area contributed by atoms with Crippen molar-refractivity contribution in [2.75, 3.05) is 19.8 Å². The van der Waals surface area contributed by atoms with Crippen LogP contribution in [0.3, 0.4) is 0 Å². The lowest BCUT2D eigenvalue weighted by Gasteiger charge is -2.27. The largest absolute Gasteiger partial charge is 0.481 e. The van der Waals surface area contributed by atoms with Gasteiger partial charge in [-0.25, -0.2) is 0 Å². The lowest BCUT2D eigenvalue weighted by molar-refractivity contribution is -0.152. The first kappa shape index (κ1) is 14.4. The number of nitrogens with two attached hydrogens (primary N) is 1. The van der Waals surface area contributed by atoms with E-state index in [9.17, 15) is 4.79 Å². The summed E-state index contributed by atoms with van der Waals surface area (Å²) >= 11 is 0. The zero-order valence-corrected chi connectivity index (χ0v) is 10.2. The van der Waals surface area contributed by atoms with E-state index in [1.54, 1.807) is 6.92 Å². The SMILES string of the molecule is CCC(C)(COCC(C)(C)CN)C(=O)O. The van der Waals surface area contributed by atoms with Crippen LogP contribution in [0.1, 0.15) is 34.1 Å². The molecule has 0 aliphatic heterocycles. The number of carboxylic acid groups (broad SMARTS) is 1. The van der Waals surface area contributed by atoms with Crippen LogP contribution in [0.5, 0.6) is 0 Å². The topological polar surface area (TPSA) is 72.5 Å². The van der Waals surface area contributed by atoms with Crippen molar-refractivity contribution in [3.8, 4) is 0 Å². The Morgan fingerprint density at radius 2 is 1.87 bits per heavy atom. The molecule has 0 aliphatic carbocycles. The molecule has 0 aromatic rings. The van der Waals surface area contributed by atoms with Crippen molar-refractivity contribution in [2.24, 2.45) is 16.6 Å². The van der Waals surface area contributed by atoms with E-state index in [2.05, 4.69) is 0 Å². The lowest BCUT2D eigenvalue weighted by Crippen LogP contribution is -2.35. The highest BCUT2D eigenvalue weighted by atomic mass is 16.5. The summed E-state index contributed by atoms with van der Waals surface area (Å²) in [6.45, 7) is 8.81. The molecule has 4 nitrogen and oxygen atoms in total. The summed E-state index contributed by atoms with van der Waals surface area (Å²) in [5.41, 5.74) is 4.67. The van der Waals surface area contributed by atoms with Crippen molar-refractivity contribution in [3.63, 3.8) is 0 Å². The smallest absolute Gasteiger partial charge is 0.311 e. The van der Waals surface area contributed by atoms with Crippen LogP contribution in [0, 0.1) is 10.8 Å². The van der Waals surface area contributed by atoms with E-state index in [1.165, 1.54) is 0 Å². The van der Waals surface area contributed by atoms with Crippen LogP contribution in [0.4, 0.5) is 0 Å². The molecule has 90 valence electrons. The molecule has 0 saturated heterocycles.